The van der Waals surface area contributed by atoms with E-state index < -0.39 is 24.3 Å². The average Bonchev–Trinajstić information content (AvgIpc) is 3.29. The number of aromatic nitrogens is 1. The van der Waals surface area contributed by atoms with Crippen molar-refractivity contribution in [1.82, 2.24) is 9.88 Å². The third kappa shape index (κ3) is 4.67. The summed E-state index contributed by atoms with van der Waals surface area (Å²) in [5, 5.41) is 4.56. The van der Waals surface area contributed by atoms with Crippen molar-refractivity contribution in [2.45, 2.75) is 26.9 Å². The molecule has 0 aliphatic rings. The first-order valence-electron chi connectivity index (χ1n) is 8.82. The van der Waals surface area contributed by atoms with Crippen molar-refractivity contribution in [2.75, 3.05) is 6.61 Å². The van der Waals surface area contributed by atoms with Gasteiger partial charge in [0.05, 0.1) is 12.1 Å². The van der Waals surface area contributed by atoms with Crippen molar-refractivity contribution in [1.29, 1.82) is 0 Å². The molecular formula is C21H21FN2O3S. The van der Waals surface area contributed by atoms with Gasteiger partial charge in [0.15, 0.2) is 6.61 Å². The van der Waals surface area contributed by atoms with Gasteiger partial charge >= 0.3 is 5.97 Å². The summed E-state index contributed by atoms with van der Waals surface area (Å²) in [5.41, 5.74) is 2.56. The Hall–Kier alpha value is -2.93. The van der Waals surface area contributed by atoms with Gasteiger partial charge in [0.1, 0.15) is 5.82 Å². The molecule has 0 aliphatic heterocycles. The van der Waals surface area contributed by atoms with Crippen LogP contribution in [0.5, 0.6) is 0 Å². The molecule has 3 rings (SSSR count). The summed E-state index contributed by atoms with van der Waals surface area (Å²) in [6.45, 7) is 4.10. The molecule has 7 heteroatoms. The van der Waals surface area contributed by atoms with Crippen LogP contribution in [0.2, 0.25) is 0 Å². The number of halogens is 1. The van der Waals surface area contributed by atoms with Crippen molar-refractivity contribution in [3.05, 3.63) is 81.1 Å². The number of thiophene rings is 1. The third-order valence-corrected chi connectivity index (χ3v) is 5.32. The molecule has 0 aliphatic carbocycles. The number of esters is 1. The predicted octanol–water partition coefficient (Wildman–Crippen LogP) is 3.83. The molecule has 1 N–H and O–H groups in total. The van der Waals surface area contributed by atoms with E-state index in [1.165, 1.54) is 10.9 Å². The highest BCUT2D eigenvalue weighted by Gasteiger charge is 2.18. The number of nitrogens with zero attached hydrogens (tertiary/aromatic N) is 1. The van der Waals surface area contributed by atoms with E-state index in [1.54, 1.807) is 35.6 Å². The first kappa shape index (κ1) is 19.8. The lowest BCUT2D eigenvalue weighted by Crippen LogP contribution is -2.28. The maximum atomic E-state index is 13.6. The molecule has 3 aromatic rings. The molecule has 5 nitrogen and oxygen atoms in total. The van der Waals surface area contributed by atoms with E-state index in [0.29, 0.717) is 17.7 Å². The summed E-state index contributed by atoms with van der Waals surface area (Å²) < 4.78 is 20.7. The zero-order valence-electron chi connectivity index (χ0n) is 15.7. The molecule has 2 heterocycles. The number of hydrogen-bond acceptors (Lipinski definition) is 4. The monoisotopic (exact) mass is 400 g/mol. The van der Waals surface area contributed by atoms with E-state index in [1.807, 2.05) is 35.9 Å². The number of benzene rings is 1. The molecule has 0 radical (unpaired) electrons. The standard InChI is InChI=1S/C21H21FN2O3S/c1-14-10-18(15(2)24(14)12-17-7-5-9-28-17)21(26)27-13-20(25)23-11-16-6-3-4-8-19(16)22/h3-10H,11-13H2,1-2H3,(H,23,25). The number of hydrogen-bond donors (Lipinski definition) is 1. The van der Waals surface area contributed by atoms with E-state index in [4.69, 9.17) is 4.74 Å². The first-order valence-corrected chi connectivity index (χ1v) is 9.70. The van der Waals surface area contributed by atoms with Gasteiger partial charge < -0.3 is 14.6 Å². The highest BCUT2D eigenvalue weighted by atomic mass is 32.1. The molecule has 0 unspecified atom stereocenters. The largest absolute Gasteiger partial charge is 0.452 e. The Balaban J connectivity index is 1.56. The number of ether oxygens (including phenoxy) is 1. The van der Waals surface area contributed by atoms with E-state index in [2.05, 4.69) is 5.32 Å². The van der Waals surface area contributed by atoms with Crippen LogP contribution in [0.4, 0.5) is 4.39 Å². The summed E-state index contributed by atoms with van der Waals surface area (Å²) in [7, 11) is 0. The second-order valence-corrected chi connectivity index (χ2v) is 7.43. The van der Waals surface area contributed by atoms with Gasteiger partial charge in [-0.25, -0.2) is 9.18 Å². The fourth-order valence-corrected chi connectivity index (χ4v) is 3.60. The molecule has 0 bridgehead atoms. The normalized spacial score (nSPS) is 10.7. The molecule has 0 atom stereocenters. The van der Waals surface area contributed by atoms with Gasteiger partial charge in [-0.3, -0.25) is 4.79 Å². The average molecular weight is 400 g/mol. The van der Waals surface area contributed by atoms with Crippen molar-refractivity contribution in [3.8, 4) is 0 Å². The number of nitrogens with one attached hydrogen (secondary N) is 1. The van der Waals surface area contributed by atoms with Crippen molar-refractivity contribution in [2.24, 2.45) is 0 Å². The van der Waals surface area contributed by atoms with E-state index in [-0.39, 0.29) is 6.54 Å². The highest BCUT2D eigenvalue weighted by molar-refractivity contribution is 7.09. The fraction of sp³-hybridized carbons (Fsp3) is 0.238. The number of carbonyl (C=O) groups excluding carboxylic acids is 2. The SMILES string of the molecule is Cc1cc(C(=O)OCC(=O)NCc2ccccc2F)c(C)n1Cc1cccs1. The summed E-state index contributed by atoms with van der Waals surface area (Å²) in [6.07, 6.45) is 0. The molecule has 0 saturated carbocycles. The van der Waals surface area contributed by atoms with E-state index in [9.17, 15) is 14.0 Å². The van der Waals surface area contributed by atoms with E-state index >= 15 is 0 Å². The minimum atomic E-state index is -0.549. The lowest BCUT2D eigenvalue weighted by molar-refractivity contribution is -0.124. The number of rotatable bonds is 7. The van der Waals surface area contributed by atoms with Crippen LogP contribution < -0.4 is 5.32 Å². The van der Waals surface area contributed by atoms with Crippen molar-refractivity contribution < 1.29 is 18.7 Å². The fourth-order valence-electron chi connectivity index (χ4n) is 2.90. The van der Waals surface area contributed by atoms with Crippen LogP contribution in [0.25, 0.3) is 0 Å². The van der Waals surface area contributed by atoms with Crippen LogP contribution in [-0.4, -0.2) is 23.1 Å². The maximum absolute atomic E-state index is 13.6. The summed E-state index contributed by atoms with van der Waals surface area (Å²) >= 11 is 1.65. The lowest BCUT2D eigenvalue weighted by Gasteiger charge is -2.09. The van der Waals surface area contributed by atoms with Crippen LogP contribution in [0.1, 0.15) is 32.2 Å². The minimum absolute atomic E-state index is 0.0401. The van der Waals surface area contributed by atoms with Crippen LogP contribution in [0.15, 0.2) is 47.8 Å². The zero-order valence-corrected chi connectivity index (χ0v) is 16.5. The molecular weight excluding hydrogens is 379 g/mol. The second-order valence-electron chi connectivity index (χ2n) is 6.39. The van der Waals surface area contributed by atoms with Gasteiger partial charge in [0, 0.05) is 28.4 Å². The van der Waals surface area contributed by atoms with Gasteiger partial charge in [-0.05, 0) is 37.4 Å². The van der Waals surface area contributed by atoms with Crippen molar-refractivity contribution in [3.63, 3.8) is 0 Å². The highest BCUT2D eigenvalue weighted by Crippen LogP contribution is 2.20. The third-order valence-electron chi connectivity index (χ3n) is 4.46. The first-order chi connectivity index (χ1) is 13.5. The minimum Gasteiger partial charge on any atom is -0.452 e. The number of carbonyl (C=O) groups is 2. The van der Waals surface area contributed by atoms with Crippen LogP contribution in [0.3, 0.4) is 0 Å². The van der Waals surface area contributed by atoms with Gasteiger partial charge in [-0.15, -0.1) is 11.3 Å². The Kier molecular flexibility index (Phi) is 6.26. The Labute approximate surface area is 166 Å². The van der Waals surface area contributed by atoms with Gasteiger partial charge in [-0.1, -0.05) is 24.3 Å². The Morgan fingerprint density at radius 1 is 1.18 bits per heavy atom. The van der Waals surface area contributed by atoms with E-state index in [0.717, 1.165) is 11.4 Å². The Morgan fingerprint density at radius 3 is 2.68 bits per heavy atom. The smallest absolute Gasteiger partial charge is 0.340 e. The molecule has 28 heavy (non-hydrogen) atoms. The Bertz CT molecular complexity index is 980. The van der Waals surface area contributed by atoms with Crippen LogP contribution in [-0.2, 0) is 22.6 Å². The Morgan fingerprint density at radius 2 is 1.96 bits per heavy atom. The molecule has 146 valence electrons. The maximum Gasteiger partial charge on any atom is 0.340 e. The molecule has 1 amide bonds. The predicted molar refractivity (Wildman–Crippen MR) is 106 cm³/mol. The summed E-state index contributed by atoms with van der Waals surface area (Å²) in [4.78, 5) is 25.5. The summed E-state index contributed by atoms with van der Waals surface area (Å²) in [5.74, 6) is -1.42. The molecule has 0 fully saturated rings. The molecule has 2 aromatic heterocycles. The number of amides is 1. The topological polar surface area (TPSA) is 60.3 Å². The second kappa shape index (κ2) is 8.84. The quantitative estimate of drug-likeness (QED) is 0.613. The molecule has 0 saturated heterocycles. The van der Waals surface area contributed by atoms with Crippen LogP contribution in [0, 0.1) is 19.7 Å². The van der Waals surface area contributed by atoms with Crippen molar-refractivity contribution >= 4 is 23.2 Å². The van der Waals surface area contributed by atoms with Gasteiger partial charge in [0.25, 0.3) is 5.91 Å². The molecule has 1 aromatic carbocycles. The van der Waals surface area contributed by atoms with Crippen LogP contribution >= 0.6 is 11.3 Å². The lowest BCUT2D eigenvalue weighted by atomic mass is 10.2. The molecule has 0 spiro atoms. The summed E-state index contributed by atoms with van der Waals surface area (Å²) in [6, 6.07) is 12.0. The zero-order chi connectivity index (χ0) is 20.1. The van der Waals surface area contributed by atoms with Gasteiger partial charge in [-0.2, -0.15) is 0 Å². The number of aryl methyl sites for hydroxylation is 1. The van der Waals surface area contributed by atoms with Gasteiger partial charge in [0.2, 0.25) is 0 Å².